The van der Waals surface area contributed by atoms with Crippen molar-refractivity contribution in [1.82, 2.24) is 0 Å². The Morgan fingerprint density at radius 1 is 1.20 bits per heavy atom. The fourth-order valence-electron chi connectivity index (χ4n) is 4.37. The maximum Gasteiger partial charge on any atom is 0.309 e. The average Bonchev–Trinajstić information content (AvgIpc) is 2.37. The lowest BCUT2D eigenvalue weighted by Crippen LogP contribution is -2.45. The van der Waals surface area contributed by atoms with Crippen LogP contribution in [0.25, 0.3) is 0 Å². The zero-order valence-corrected chi connectivity index (χ0v) is 13.3. The summed E-state index contributed by atoms with van der Waals surface area (Å²) in [5, 5.41) is 9.46. The van der Waals surface area contributed by atoms with Crippen molar-refractivity contribution in [2.75, 3.05) is 6.26 Å². The molecule has 0 aromatic carbocycles. The molecular weight excluding hydrogens is 276 g/mol. The van der Waals surface area contributed by atoms with Gasteiger partial charge in [-0.3, -0.25) is 4.79 Å². The van der Waals surface area contributed by atoms with E-state index in [1.807, 2.05) is 0 Å². The molecule has 2 saturated carbocycles. The molecule has 0 heterocycles. The zero-order chi connectivity index (χ0) is 15.0. The van der Waals surface area contributed by atoms with Gasteiger partial charge in [-0.05, 0) is 43.9 Å². The second-order valence-corrected chi connectivity index (χ2v) is 9.30. The van der Waals surface area contributed by atoms with E-state index >= 15 is 0 Å². The Kier molecular flexibility index (Phi) is 4.47. The van der Waals surface area contributed by atoms with Crippen molar-refractivity contribution >= 4 is 15.8 Å². The summed E-state index contributed by atoms with van der Waals surface area (Å²) in [6.07, 6.45) is 7.70. The van der Waals surface area contributed by atoms with Crippen LogP contribution in [0, 0.1) is 17.3 Å². The van der Waals surface area contributed by atoms with Crippen LogP contribution in [0.4, 0.5) is 0 Å². The molecule has 2 fully saturated rings. The summed E-state index contributed by atoms with van der Waals surface area (Å²) in [5.74, 6) is -0.252. The Bertz CT molecular complexity index is 470. The molecule has 4 nitrogen and oxygen atoms in total. The smallest absolute Gasteiger partial charge is 0.309 e. The molecule has 0 aliphatic heterocycles. The summed E-state index contributed by atoms with van der Waals surface area (Å²) >= 11 is 0. The van der Waals surface area contributed by atoms with Crippen molar-refractivity contribution in [2.24, 2.45) is 17.3 Å². The van der Waals surface area contributed by atoms with Gasteiger partial charge in [0.1, 0.15) is 9.84 Å². The van der Waals surface area contributed by atoms with Crippen molar-refractivity contribution in [3.8, 4) is 0 Å². The van der Waals surface area contributed by atoms with Crippen LogP contribution < -0.4 is 0 Å². The third kappa shape index (κ3) is 3.02. The molecule has 0 aromatic rings. The van der Waals surface area contributed by atoms with Crippen LogP contribution >= 0.6 is 0 Å². The molecule has 0 bridgehead atoms. The minimum atomic E-state index is -3.06. The lowest BCUT2D eigenvalue weighted by Gasteiger charge is -2.45. The predicted molar refractivity (Wildman–Crippen MR) is 78.3 cm³/mol. The molecule has 0 aromatic heterocycles. The number of carbonyl (C=O) groups is 1. The van der Waals surface area contributed by atoms with Crippen molar-refractivity contribution in [3.05, 3.63) is 0 Å². The van der Waals surface area contributed by atoms with Gasteiger partial charge in [-0.25, -0.2) is 8.42 Å². The molecule has 0 radical (unpaired) electrons. The normalized spacial score (nSPS) is 39.4. The van der Waals surface area contributed by atoms with Gasteiger partial charge in [-0.2, -0.15) is 0 Å². The van der Waals surface area contributed by atoms with Gasteiger partial charge in [-0.15, -0.1) is 0 Å². The first-order valence-corrected chi connectivity index (χ1v) is 9.63. The maximum atomic E-state index is 11.9. The fourth-order valence-corrected chi connectivity index (χ4v) is 5.54. The van der Waals surface area contributed by atoms with Crippen molar-refractivity contribution < 1.29 is 18.3 Å². The molecule has 0 amide bonds. The van der Waals surface area contributed by atoms with Gasteiger partial charge >= 0.3 is 5.97 Å². The first-order chi connectivity index (χ1) is 9.25. The quantitative estimate of drug-likeness (QED) is 0.870. The zero-order valence-electron chi connectivity index (χ0n) is 12.5. The van der Waals surface area contributed by atoms with E-state index in [4.69, 9.17) is 0 Å². The van der Waals surface area contributed by atoms with Crippen LogP contribution in [0.5, 0.6) is 0 Å². The van der Waals surface area contributed by atoms with Gasteiger partial charge in [0.2, 0.25) is 0 Å². The molecule has 0 saturated heterocycles. The highest BCUT2D eigenvalue weighted by Gasteiger charge is 2.49. The maximum absolute atomic E-state index is 11.9. The molecule has 4 unspecified atom stereocenters. The van der Waals surface area contributed by atoms with E-state index in [1.165, 1.54) is 6.26 Å². The topological polar surface area (TPSA) is 71.4 Å². The highest BCUT2D eigenvalue weighted by molar-refractivity contribution is 7.91. The number of rotatable bonds is 3. The van der Waals surface area contributed by atoms with Gasteiger partial charge in [0.15, 0.2) is 0 Å². The molecule has 20 heavy (non-hydrogen) atoms. The van der Waals surface area contributed by atoms with Crippen molar-refractivity contribution in [3.63, 3.8) is 0 Å². The van der Waals surface area contributed by atoms with E-state index in [0.717, 1.165) is 25.7 Å². The SMILES string of the molecule is CC1CCCC(C(=O)O)(C2CCCC(S(C)(=O)=O)C2)C1. The lowest BCUT2D eigenvalue weighted by molar-refractivity contribution is -0.157. The minimum Gasteiger partial charge on any atom is -0.481 e. The summed E-state index contributed by atoms with van der Waals surface area (Å²) in [5.41, 5.74) is -0.680. The number of sulfone groups is 1. The number of hydrogen-bond donors (Lipinski definition) is 1. The minimum absolute atomic E-state index is 0.0243. The van der Waals surface area contributed by atoms with E-state index < -0.39 is 21.2 Å². The second-order valence-electron chi connectivity index (χ2n) is 6.98. The van der Waals surface area contributed by atoms with Gasteiger partial charge < -0.3 is 5.11 Å². The molecule has 1 N–H and O–H groups in total. The number of aliphatic carboxylic acids is 1. The molecule has 2 aliphatic carbocycles. The van der Waals surface area contributed by atoms with Crippen LogP contribution in [0.15, 0.2) is 0 Å². The Labute approximate surface area is 121 Å². The number of carboxylic acids is 1. The molecule has 5 heteroatoms. The van der Waals surface area contributed by atoms with Gasteiger partial charge in [0.05, 0.1) is 10.7 Å². The predicted octanol–water partition coefficient (Wildman–Crippen LogP) is 2.87. The Hall–Kier alpha value is -0.580. The number of carboxylic acid groups (broad SMARTS) is 1. The van der Waals surface area contributed by atoms with Gasteiger partial charge in [0.25, 0.3) is 0 Å². The number of hydrogen-bond acceptors (Lipinski definition) is 3. The van der Waals surface area contributed by atoms with Crippen molar-refractivity contribution in [1.29, 1.82) is 0 Å². The van der Waals surface area contributed by atoms with Crippen molar-refractivity contribution in [2.45, 2.75) is 63.5 Å². The lowest BCUT2D eigenvalue weighted by atomic mass is 9.59. The van der Waals surface area contributed by atoms with E-state index in [-0.39, 0.29) is 11.2 Å². The van der Waals surface area contributed by atoms with Crippen LogP contribution in [-0.2, 0) is 14.6 Å². The standard InChI is InChI=1S/C15H26O4S/c1-11-5-4-8-15(10-11,14(16)17)12-6-3-7-13(9-12)20(2,18)19/h11-13H,3-10H2,1-2H3,(H,16,17). The monoisotopic (exact) mass is 302 g/mol. The van der Waals surface area contributed by atoms with E-state index in [1.54, 1.807) is 0 Å². The molecule has 116 valence electrons. The van der Waals surface area contributed by atoms with Crippen LogP contribution in [0.2, 0.25) is 0 Å². The Morgan fingerprint density at radius 3 is 2.45 bits per heavy atom. The first-order valence-electron chi connectivity index (χ1n) is 7.68. The summed E-state index contributed by atoms with van der Waals surface area (Å²) in [6, 6.07) is 0. The van der Waals surface area contributed by atoms with E-state index in [2.05, 4.69) is 6.92 Å². The molecule has 2 rings (SSSR count). The summed E-state index contributed by atoms with van der Waals surface area (Å²) < 4.78 is 23.6. The molecular formula is C15H26O4S. The second kappa shape index (κ2) is 5.66. The van der Waals surface area contributed by atoms with E-state index in [0.29, 0.717) is 31.6 Å². The largest absolute Gasteiger partial charge is 0.481 e. The average molecular weight is 302 g/mol. The molecule has 4 atom stereocenters. The van der Waals surface area contributed by atoms with Crippen LogP contribution in [-0.4, -0.2) is 31.0 Å². The van der Waals surface area contributed by atoms with Crippen LogP contribution in [0.1, 0.15) is 58.3 Å². The Morgan fingerprint density at radius 2 is 1.90 bits per heavy atom. The third-order valence-electron chi connectivity index (χ3n) is 5.47. The third-order valence-corrected chi connectivity index (χ3v) is 7.11. The molecule has 2 aliphatic rings. The molecule has 0 spiro atoms. The first kappa shape index (κ1) is 15.8. The fraction of sp³-hybridized carbons (Fsp3) is 0.933. The Balaban J connectivity index is 2.23. The highest BCUT2D eigenvalue weighted by atomic mass is 32.2. The summed E-state index contributed by atoms with van der Waals surface area (Å²) in [6.45, 7) is 2.12. The highest BCUT2D eigenvalue weighted by Crippen LogP contribution is 2.50. The summed E-state index contributed by atoms with van der Waals surface area (Å²) in [4.78, 5) is 11.9. The van der Waals surface area contributed by atoms with E-state index in [9.17, 15) is 18.3 Å². The van der Waals surface area contributed by atoms with Gasteiger partial charge in [-0.1, -0.05) is 26.2 Å². The van der Waals surface area contributed by atoms with Crippen LogP contribution in [0.3, 0.4) is 0 Å². The van der Waals surface area contributed by atoms with Gasteiger partial charge in [0, 0.05) is 6.26 Å². The summed E-state index contributed by atoms with van der Waals surface area (Å²) in [7, 11) is -3.06.